The molecule has 0 saturated heterocycles. The molecule has 0 atom stereocenters. The molecule has 170 valence electrons. The average molecular weight is 492 g/mol. The Morgan fingerprint density at radius 1 is 1.18 bits per heavy atom. The topological polar surface area (TPSA) is 119 Å². The molecule has 0 aliphatic heterocycles. The summed E-state index contributed by atoms with van der Waals surface area (Å²) in [4.78, 5) is 17.1. The number of rotatable bonds is 5. The monoisotopic (exact) mass is 491 g/mol. The first kappa shape index (κ1) is 22.8. The Hall–Kier alpha value is -3.41. The van der Waals surface area contributed by atoms with E-state index in [0.717, 1.165) is 16.3 Å². The first-order valence-corrected chi connectivity index (χ1v) is 11.3. The maximum absolute atomic E-state index is 13.8. The van der Waals surface area contributed by atoms with Crippen LogP contribution in [0.4, 0.5) is 14.5 Å². The number of nitrogens with two attached hydrogens (primary N) is 1. The number of benzene rings is 2. The van der Waals surface area contributed by atoms with E-state index in [0.29, 0.717) is 10.6 Å². The summed E-state index contributed by atoms with van der Waals surface area (Å²) in [5, 5.41) is 12.1. The van der Waals surface area contributed by atoms with Crippen molar-refractivity contribution in [2.75, 3.05) is 5.32 Å². The number of carbonyl (C=O) groups is 1. The van der Waals surface area contributed by atoms with Gasteiger partial charge in [0.1, 0.15) is 11.3 Å². The second kappa shape index (κ2) is 8.50. The normalized spacial score (nSPS) is 11.8. The first-order valence-electron chi connectivity index (χ1n) is 9.42. The lowest BCUT2D eigenvalue weighted by Crippen LogP contribution is -2.15. The largest absolute Gasteiger partial charge is 0.322 e. The molecule has 0 unspecified atom stereocenters. The Morgan fingerprint density at radius 3 is 2.61 bits per heavy atom. The van der Waals surface area contributed by atoms with Crippen molar-refractivity contribution in [3.63, 3.8) is 0 Å². The van der Waals surface area contributed by atoms with E-state index in [2.05, 4.69) is 15.4 Å². The van der Waals surface area contributed by atoms with Crippen LogP contribution in [-0.2, 0) is 10.0 Å². The number of halogens is 3. The predicted octanol–water partition coefficient (Wildman–Crippen LogP) is 4.20. The van der Waals surface area contributed by atoms with Crippen LogP contribution in [-0.4, -0.2) is 28.9 Å². The third kappa shape index (κ3) is 4.56. The number of amides is 1. The van der Waals surface area contributed by atoms with Gasteiger partial charge in [-0.2, -0.15) is 5.10 Å². The number of nitrogens with zero attached hydrogens (tertiary/aromatic N) is 3. The molecule has 0 spiro atoms. The van der Waals surface area contributed by atoms with Crippen molar-refractivity contribution in [2.24, 2.45) is 5.14 Å². The number of hydrogen-bond donors (Lipinski definition) is 2. The van der Waals surface area contributed by atoms with E-state index in [9.17, 15) is 22.0 Å². The van der Waals surface area contributed by atoms with Crippen LogP contribution in [0.15, 0.2) is 59.6 Å². The van der Waals surface area contributed by atoms with Crippen molar-refractivity contribution in [2.45, 2.75) is 18.2 Å². The molecule has 8 nitrogen and oxygen atoms in total. The minimum atomic E-state index is -3.98. The molecule has 2 aromatic heterocycles. The van der Waals surface area contributed by atoms with Crippen LogP contribution >= 0.6 is 11.6 Å². The summed E-state index contributed by atoms with van der Waals surface area (Å²) < 4.78 is 51.5. The summed E-state index contributed by atoms with van der Waals surface area (Å²) in [5.41, 5.74) is 1.01. The molecule has 3 N–H and O–H groups in total. The third-order valence-corrected chi connectivity index (χ3v) is 6.18. The van der Waals surface area contributed by atoms with E-state index >= 15 is 0 Å². The third-order valence-electron chi connectivity index (χ3n) is 4.84. The van der Waals surface area contributed by atoms with Crippen LogP contribution in [0.5, 0.6) is 0 Å². The number of sulfonamides is 1. The first-order chi connectivity index (χ1) is 15.5. The molecule has 33 heavy (non-hydrogen) atoms. The van der Waals surface area contributed by atoms with Crippen LogP contribution in [0.2, 0.25) is 5.02 Å². The number of alkyl halides is 2. The van der Waals surface area contributed by atoms with Gasteiger partial charge in [-0.05, 0) is 48.9 Å². The number of aromatic nitrogens is 3. The molecule has 2 aromatic carbocycles. The van der Waals surface area contributed by atoms with Crippen molar-refractivity contribution in [3.8, 4) is 11.3 Å². The lowest BCUT2D eigenvalue weighted by molar-refractivity contribution is 0.102. The molecule has 0 fully saturated rings. The molecule has 0 radical (unpaired) electrons. The average Bonchev–Trinajstić information content (AvgIpc) is 3.18. The van der Waals surface area contributed by atoms with Crippen LogP contribution < -0.4 is 10.5 Å². The molecule has 0 saturated carbocycles. The van der Waals surface area contributed by atoms with Gasteiger partial charge in [0.15, 0.2) is 5.65 Å². The molecular weight excluding hydrogens is 476 g/mol. The van der Waals surface area contributed by atoms with Crippen molar-refractivity contribution >= 4 is 38.9 Å². The Bertz CT molecular complexity index is 1510. The summed E-state index contributed by atoms with van der Waals surface area (Å²) in [6.45, 7) is 1.77. The number of carbonyl (C=O) groups excluding carboxylic acids is 1. The van der Waals surface area contributed by atoms with E-state index in [1.807, 2.05) is 0 Å². The maximum Gasteiger partial charge on any atom is 0.280 e. The van der Waals surface area contributed by atoms with Crippen molar-refractivity contribution in [1.29, 1.82) is 0 Å². The highest BCUT2D eigenvalue weighted by Gasteiger charge is 2.22. The molecule has 2 heterocycles. The fraction of sp³-hybridized carbons (Fsp3) is 0.0952. The Labute approximate surface area is 192 Å². The molecule has 0 bridgehead atoms. The maximum atomic E-state index is 13.8. The van der Waals surface area contributed by atoms with Gasteiger partial charge in [0.2, 0.25) is 10.0 Å². The Morgan fingerprint density at radius 2 is 1.94 bits per heavy atom. The summed E-state index contributed by atoms with van der Waals surface area (Å²) in [7, 11) is -3.98. The zero-order chi connectivity index (χ0) is 23.9. The standard InChI is InChI=1S/C21H16ClF2N5O3S/c1-11-7-12(5-6-16(11)22)17-9-18(19(23)24)29-20(28-17)15(10-26-29)21(30)27-13-3-2-4-14(8-13)33(25,31)32/h2-10,19H,1H3,(H,27,30)(H2,25,31,32). The van der Waals surface area contributed by atoms with Crippen LogP contribution in [0.25, 0.3) is 16.9 Å². The van der Waals surface area contributed by atoms with E-state index in [1.165, 1.54) is 30.3 Å². The smallest absolute Gasteiger partial charge is 0.280 e. The molecule has 12 heteroatoms. The van der Waals surface area contributed by atoms with Gasteiger partial charge in [-0.1, -0.05) is 23.7 Å². The number of hydrogen-bond acceptors (Lipinski definition) is 5. The lowest BCUT2D eigenvalue weighted by Gasteiger charge is -2.10. The van der Waals surface area contributed by atoms with E-state index in [-0.39, 0.29) is 27.5 Å². The minimum absolute atomic E-state index is 0.0783. The highest BCUT2D eigenvalue weighted by atomic mass is 35.5. The van der Waals surface area contributed by atoms with Gasteiger partial charge >= 0.3 is 0 Å². The zero-order valence-electron chi connectivity index (χ0n) is 17.0. The summed E-state index contributed by atoms with van der Waals surface area (Å²) >= 11 is 6.06. The van der Waals surface area contributed by atoms with Gasteiger partial charge in [-0.25, -0.2) is 31.8 Å². The van der Waals surface area contributed by atoms with Gasteiger partial charge in [0.05, 0.1) is 16.8 Å². The summed E-state index contributed by atoms with van der Waals surface area (Å²) in [6, 6.07) is 11.5. The van der Waals surface area contributed by atoms with Crippen LogP contribution in [0, 0.1) is 6.92 Å². The second-order valence-corrected chi connectivity index (χ2v) is 9.12. The molecule has 0 aliphatic carbocycles. The Kier molecular flexibility index (Phi) is 5.87. The van der Waals surface area contributed by atoms with Crippen molar-refractivity contribution < 1.29 is 22.0 Å². The summed E-state index contributed by atoms with van der Waals surface area (Å²) in [6.07, 6.45) is -1.77. The van der Waals surface area contributed by atoms with E-state index in [4.69, 9.17) is 16.7 Å². The zero-order valence-corrected chi connectivity index (χ0v) is 18.5. The number of fused-ring (bicyclic) bond motifs is 1. The molecule has 0 aliphatic rings. The van der Waals surface area contributed by atoms with Gasteiger partial charge in [0.25, 0.3) is 12.3 Å². The van der Waals surface area contributed by atoms with Crippen molar-refractivity contribution in [3.05, 3.63) is 76.6 Å². The van der Waals surface area contributed by atoms with Gasteiger partial charge in [-0.15, -0.1) is 0 Å². The SMILES string of the molecule is Cc1cc(-c2cc(C(F)F)n3ncc(C(=O)Nc4cccc(S(N)(=O)=O)c4)c3n2)ccc1Cl. The number of nitrogens with one attached hydrogen (secondary N) is 1. The predicted molar refractivity (Wildman–Crippen MR) is 119 cm³/mol. The highest BCUT2D eigenvalue weighted by molar-refractivity contribution is 7.89. The van der Waals surface area contributed by atoms with Gasteiger partial charge in [0, 0.05) is 16.3 Å². The lowest BCUT2D eigenvalue weighted by atomic mass is 10.1. The second-order valence-electron chi connectivity index (χ2n) is 7.15. The minimum Gasteiger partial charge on any atom is -0.322 e. The fourth-order valence-corrected chi connectivity index (χ4v) is 3.88. The quantitative estimate of drug-likeness (QED) is 0.433. The molecule has 4 aromatic rings. The number of anilines is 1. The number of primary sulfonamides is 1. The number of aryl methyl sites for hydroxylation is 1. The van der Waals surface area contributed by atoms with Gasteiger partial charge in [-0.3, -0.25) is 4.79 Å². The van der Waals surface area contributed by atoms with Crippen LogP contribution in [0.3, 0.4) is 0 Å². The molecule has 4 rings (SSSR count). The van der Waals surface area contributed by atoms with Crippen molar-refractivity contribution in [1.82, 2.24) is 14.6 Å². The van der Waals surface area contributed by atoms with Gasteiger partial charge < -0.3 is 5.32 Å². The van der Waals surface area contributed by atoms with Crippen LogP contribution in [0.1, 0.15) is 28.0 Å². The van der Waals surface area contributed by atoms with E-state index < -0.39 is 28.0 Å². The fourth-order valence-electron chi connectivity index (χ4n) is 3.20. The highest BCUT2D eigenvalue weighted by Crippen LogP contribution is 2.29. The molecule has 1 amide bonds. The summed E-state index contributed by atoms with van der Waals surface area (Å²) in [5.74, 6) is -0.714. The Balaban J connectivity index is 1.79. The van der Waals surface area contributed by atoms with E-state index in [1.54, 1.807) is 25.1 Å². The molecular formula is C21H16ClF2N5O3S.